The van der Waals surface area contributed by atoms with E-state index in [-0.39, 0.29) is 0 Å². The Labute approximate surface area is 267 Å². The van der Waals surface area contributed by atoms with Crippen molar-refractivity contribution in [3.05, 3.63) is 22.3 Å². The first-order chi connectivity index (χ1) is 20.5. The minimum Gasteiger partial charge on any atom is -0.306 e. The molecule has 0 saturated carbocycles. The van der Waals surface area contributed by atoms with Crippen LogP contribution in [0.3, 0.4) is 0 Å². The minimum absolute atomic E-state index is 0.608. The molecule has 0 N–H and O–H groups in total. The second kappa shape index (κ2) is 26.8. The van der Waals surface area contributed by atoms with Crippen molar-refractivity contribution in [2.45, 2.75) is 220 Å². The van der Waals surface area contributed by atoms with Crippen molar-refractivity contribution in [1.29, 1.82) is 0 Å². The standard InChI is InChI=1S/C41H79N/c1-8-12-16-20-24-28-32-37-38(33-29-25-21-17-13-9-2)40(35-31-27-23-19-15-11-4)41(36(5)42(6)7)39(37)34-30-26-22-18-14-10-3/h36,41H,8-35H2,1-7H3. The highest BCUT2D eigenvalue weighted by atomic mass is 15.1. The SMILES string of the molecule is CCCCCCCCC1=C(CCCCCCCC)C(C(C)N(C)C)C(CCCCCCCC)=C1CCCCCCCC. The first-order valence-corrected chi connectivity index (χ1v) is 19.6. The fourth-order valence-electron chi connectivity index (χ4n) is 7.45. The van der Waals surface area contributed by atoms with Crippen molar-refractivity contribution < 1.29 is 0 Å². The average Bonchev–Trinajstić information content (AvgIpc) is 3.27. The van der Waals surface area contributed by atoms with Crippen LogP contribution in [0.15, 0.2) is 22.3 Å². The molecule has 0 heterocycles. The molecule has 0 aromatic heterocycles. The largest absolute Gasteiger partial charge is 0.306 e. The van der Waals surface area contributed by atoms with Gasteiger partial charge in [0.15, 0.2) is 0 Å². The second-order valence-electron chi connectivity index (χ2n) is 14.3. The van der Waals surface area contributed by atoms with E-state index < -0.39 is 0 Å². The van der Waals surface area contributed by atoms with E-state index in [0.717, 1.165) is 0 Å². The van der Waals surface area contributed by atoms with Gasteiger partial charge in [-0.2, -0.15) is 0 Å². The molecule has 0 aromatic carbocycles. The highest BCUT2D eigenvalue weighted by Gasteiger charge is 2.36. The lowest BCUT2D eigenvalue weighted by Crippen LogP contribution is -2.34. The summed E-state index contributed by atoms with van der Waals surface area (Å²) in [4.78, 5) is 2.54. The number of hydrogen-bond acceptors (Lipinski definition) is 1. The molecule has 248 valence electrons. The van der Waals surface area contributed by atoms with Crippen LogP contribution in [-0.4, -0.2) is 25.0 Å². The molecular formula is C41H79N. The molecule has 0 saturated heterocycles. The van der Waals surface area contributed by atoms with Gasteiger partial charge in [0.1, 0.15) is 0 Å². The zero-order valence-corrected chi connectivity index (χ0v) is 30.4. The van der Waals surface area contributed by atoms with Crippen molar-refractivity contribution in [2.75, 3.05) is 14.1 Å². The maximum atomic E-state index is 2.54. The third-order valence-corrected chi connectivity index (χ3v) is 10.3. The Morgan fingerprint density at radius 2 is 0.667 bits per heavy atom. The topological polar surface area (TPSA) is 3.24 Å². The number of allylic oxidation sites excluding steroid dienone is 2. The summed E-state index contributed by atoms with van der Waals surface area (Å²) in [5, 5.41) is 0. The third kappa shape index (κ3) is 16.5. The third-order valence-electron chi connectivity index (χ3n) is 10.3. The van der Waals surface area contributed by atoms with Gasteiger partial charge in [0, 0.05) is 12.0 Å². The van der Waals surface area contributed by atoms with E-state index in [9.17, 15) is 0 Å². The van der Waals surface area contributed by atoms with Crippen LogP contribution < -0.4 is 0 Å². The van der Waals surface area contributed by atoms with Crippen LogP contribution in [0.1, 0.15) is 214 Å². The molecule has 1 aliphatic rings. The Kier molecular flexibility index (Phi) is 25.2. The van der Waals surface area contributed by atoms with Gasteiger partial charge in [0.05, 0.1) is 0 Å². The maximum absolute atomic E-state index is 2.54. The quantitative estimate of drug-likeness (QED) is 0.0758. The van der Waals surface area contributed by atoms with Gasteiger partial charge < -0.3 is 4.90 Å². The van der Waals surface area contributed by atoms with Crippen LogP contribution in [0.2, 0.25) is 0 Å². The van der Waals surface area contributed by atoms with E-state index in [1.807, 2.05) is 22.3 Å². The van der Waals surface area contributed by atoms with E-state index in [4.69, 9.17) is 0 Å². The van der Waals surface area contributed by atoms with Crippen LogP contribution in [0, 0.1) is 5.92 Å². The van der Waals surface area contributed by atoms with Gasteiger partial charge in [0.25, 0.3) is 0 Å². The first kappa shape index (κ1) is 39.5. The molecule has 0 bridgehead atoms. The first-order valence-electron chi connectivity index (χ1n) is 19.6. The summed E-state index contributed by atoms with van der Waals surface area (Å²) in [6.45, 7) is 11.9. The van der Waals surface area contributed by atoms with Crippen molar-refractivity contribution >= 4 is 0 Å². The van der Waals surface area contributed by atoms with E-state index in [0.29, 0.717) is 12.0 Å². The Morgan fingerprint density at radius 1 is 0.405 bits per heavy atom. The van der Waals surface area contributed by atoms with Gasteiger partial charge >= 0.3 is 0 Å². The lowest BCUT2D eigenvalue weighted by molar-refractivity contribution is 0.263. The zero-order valence-electron chi connectivity index (χ0n) is 30.4. The molecule has 0 aliphatic heterocycles. The monoisotopic (exact) mass is 586 g/mol. The van der Waals surface area contributed by atoms with Gasteiger partial charge in [0.2, 0.25) is 0 Å². The molecule has 1 heteroatoms. The molecule has 0 amide bonds. The zero-order chi connectivity index (χ0) is 30.8. The summed E-state index contributed by atoms with van der Waals surface area (Å²) >= 11 is 0. The lowest BCUT2D eigenvalue weighted by Gasteiger charge is -2.32. The molecular weight excluding hydrogens is 506 g/mol. The van der Waals surface area contributed by atoms with Gasteiger partial charge in [-0.25, -0.2) is 0 Å². The van der Waals surface area contributed by atoms with Crippen LogP contribution in [0.25, 0.3) is 0 Å². The normalized spacial score (nSPS) is 15.1. The van der Waals surface area contributed by atoms with Gasteiger partial charge in [-0.3, -0.25) is 0 Å². The van der Waals surface area contributed by atoms with E-state index in [1.54, 1.807) is 0 Å². The number of unbranched alkanes of at least 4 members (excludes halogenated alkanes) is 20. The fourth-order valence-corrected chi connectivity index (χ4v) is 7.45. The van der Waals surface area contributed by atoms with E-state index in [1.165, 1.54) is 180 Å². The number of nitrogens with zero attached hydrogens (tertiary/aromatic N) is 1. The fraction of sp³-hybridized carbons (Fsp3) is 0.902. The second-order valence-corrected chi connectivity index (χ2v) is 14.3. The number of rotatable bonds is 30. The van der Waals surface area contributed by atoms with E-state index >= 15 is 0 Å². The molecule has 1 rings (SSSR count). The van der Waals surface area contributed by atoms with Crippen molar-refractivity contribution in [3.8, 4) is 0 Å². The van der Waals surface area contributed by atoms with Gasteiger partial charge in [-0.1, -0.05) is 167 Å². The Hall–Kier alpha value is -0.560. The molecule has 0 spiro atoms. The lowest BCUT2D eigenvalue weighted by atomic mass is 9.82. The van der Waals surface area contributed by atoms with Crippen LogP contribution >= 0.6 is 0 Å². The highest BCUT2D eigenvalue weighted by Crippen LogP contribution is 2.48. The van der Waals surface area contributed by atoms with Crippen molar-refractivity contribution in [2.24, 2.45) is 5.92 Å². The van der Waals surface area contributed by atoms with Crippen molar-refractivity contribution in [3.63, 3.8) is 0 Å². The highest BCUT2D eigenvalue weighted by molar-refractivity contribution is 5.51. The smallest absolute Gasteiger partial charge is 0.0172 e. The summed E-state index contributed by atoms with van der Waals surface area (Å²) in [6, 6.07) is 0.608. The molecule has 0 radical (unpaired) electrons. The Balaban J connectivity index is 3.21. The summed E-state index contributed by atoms with van der Waals surface area (Å²) in [7, 11) is 4.68. The van der Waals surface area contributed by atoms with Crippen molar-refractivity contribution in [1.82, 2.24) is 4.90 Å². The molecule has 1 atom stereocenters. The van der Waals surface area contributed by atoms with Crippen LogP contribution in [0.5, 0.6) is 0 Å². The summed E-state index contributed by atoms with van der Waals surface area (Å²) in [6.07, 6.45) is 39.3. The maximum Gasteiger partial charge on any atom is 0.0172 e. The molecule has 0 aromatic rings. The number of hydrogen-bond donors (Lipinski definition) is 0. The van der Waals surface area contributed by atoms with Crippen LogP contribution in [0.4, 0.5) is 0 Å². The molecule has 1 nitrogen and oxygen atoms in total. The summed E-state index contributed by atoms with van der Waals surface area (Å²) in [5.41, 5.74) is 7.57. The van der Waals surface area contributed by atoms with Crippen LogP contribution in [-0.2, 0) is 0 Å². The van der Waals surface area contributed by atoms with Gasteiger partial charge in [-0.15, -0.1) is 0 Å². The summed E-state index contributed by atoms with van der Waals surface area (Å²) in [5.74, 6) is 0.677. The van der Waals surface area contributed by atoms with E-state index in [2.05, 4.69) is 53.6 Å². The summed E-state index contributed by atoms with van der Waals surface area (Å²) < 4.78 is 0. The molecule has 0 fully saturated rings. The van der Waals surface area contributed by atoms with Gasteiger partial charge in [-0.05, 0) is 83.5 Å². The predicted molar refractivity (Wildman–Crippen MR) is 193 cm³/mol. The minimum atomic E-state index is 0.608. The molecule has 1 unspecified atom stereocenters. The average molecular weight is 586 g/mol. The molecule has 1 aliphatic carbocycles. The molecule has 42 heavy (non-hydrogen) atoms. The Bertz CT molecular complexity index is 631. The predicted octanol–water partition coefficient (Wildman–Crippen LogP) is 14.2. The Morgan fingerprint density at radius 3 is 0.952 bits per heavy atom.